The molecule has 0 saturated carbocycles. The van der Waals surface area contributed by atoms with Crippen molar-refractivity contribution in [2.24, 2.45) is 0 Å². The normalized spacial score (nSPS) is 11.0. The van der Waals surface area contributed by atoms with Crippen LogP contribution in [0.3, 0.4) is 0 Å². The Balaban J connectivity index is 0.000000277. The molecule has 2 rings (SSSR count). The Hall–Kier alpha value is -3.31. The molecule has 23 heavy (non-hydrogen) atoms. The first kappa shape index (κ1) is 17.7. The van der Waals surface area contributed by atoms with Crippen LogP contribution in [-0.2, 0) is 9.53 Å². The van der Waals surface area contributed by atoms with Crippen LogP contribution in [0.2, 0.25) is 0 Å². The highest BCUT2D eigenvalue weighted by molar-refractivity contribution is 5.69. The van der Waals surface area contributed by atoms with Gasteiger partial charge < -0.3 is 34.5 Å². The Bertz CT molecular complexity index is 666. The summed E-state index contributed by atoms with van der Waals surface area (Å²) in [6.45, 7) is 1.75. The zero-order chi connectivity index (χ0) is 17.4. The molecule has 2 aromatic rings. The number of ether oxygens (including phenoxy) is 1. The zero-order valence-electron chi connectivity index (χ0n) is 12.3. The largest absolute Gasteiger partial charge is 0.469 e. The van der Waals surface area contributed by atoms with Gasteiger partial charge in [-0.1, -0.05) is 0 Å². The van der Waals surface area contributed by atoms with Crippen LogP contribution >= 0.6 is 0 Å². The smallest absolute Gasteiger partial charge is 0.381 e. The minimum absolute atomic E-state index is 0.148. The van der Waals surface area contributed by atoms with Crippen molar-refractivity contribution in [2.45, 2.75) is 19.4 Å². The summed E-state index contributed by atoms with van der Waals surface area (Å²) in [4.78, 5) is 39.3. The zero-order valence-corrected chi connectivity index (χ0v) is 12.3. The van der Waals surface area contributed by atoms with E-state index in [4.69, 9.17) is 0 Å². The molecule has 0 spiro atoms. The second kappa shape index (κ2) is 8.21. The van der Waals surface area contributed by atoms with Crippen molar-refractivity contribution in [3.8, 4) is 0 Å². The average molecular weight is 326 g/mol. The van der Waals surface area contributed by atoms with Crippen molar-refractivity contribution in [2.75, 3.05) is 7.11 Å². The van der Waals surface area contributed by atoms with Crippen LogP contribution in [0, 0.1) is 20.2 Å². The number of hydrogen-bond acceptors (Lipinski definition) is 8. The van der Waals surface area contributed by atoms with Gasteiger partial charge in [0.1, 0.15) is 12.4 Å². The molecule has 0 saturated heterocycles. The highest BCUT2D eigenvalue weighted by Crippen LogP contribution is 2.15. The van der Waals surface area contributed by atoms with Crippen LogP contribution < -0.4 is 0 Å². The summed E-state index contributed by atoms with van der Waals surface area (Å²) in [5.41, 5.74) is 0. The number of nitrogens with one attached hydrogen (secondary N) is 1. The highest BCUT2D eigenvalue weighted by Gasteiger charge is 2.16. The van der Waals surface area contributed by atoms with Crippen LogP contribution in [0.25, 0.3) is 0 Å². The van der Waals surface area contributed by atoms with Crippen molar-refractivity contribution >= 4 is 17.6 Å². The van der Waals surface area contributed by atoms with Gasteiger partial charge >= 0.3 is 17.6 Å². The number of aromatic amines is 1. The van der Waals surface area contributed by atoms with Gasteiger partial charge in [0.15, 0.2) is 0 Å². The predicted molar refractivity (Wildman–Crippen MR) is 75.5 cm³/mol. The molecule has 12 nitrogen and oxygen atoms in total. The molecule has 124 valence electrons. The molecule has 2 heterocycles. The van der Waals surface area contributed by atoms with E-state index in [1.807, 2.05) is 0 Å². The molecule has 12 heteroatoms. The van der Waals surface area contributed by atoms with E-state index in [0.29, 0.717) is 0 Å². The van der Waals surface area contributed by atoms with E-state index >= 15 is 0 Å². The van der Waals surface area contributed by atoms with E-state index in [-0.39, 0.29) is 30.1 Å². The third-order valence-electron chi connectivity index (χ3n) is 2.64. The quantitative estimate of drug-likeness (QED) is 0.487. The molecule has 0 aliphatic heterocycles. The molecular formula is C11H14N6O6. The van der Waals surface area contributed by atoms with Gasteiger partial charge in [-0.25, -0.2) is 0 Å². The number of aromatic nitrogens is 4. The number of hydrogen-bond donors (Lipinski definition) is 1. The van der Waals surface area contributed by atoms with Gasteiger partial charge in [0.2, 0.25) is 12.7 Å². The summed E-state index contributed by atoms with van der Waals surface area (Å²) in [7, 11) is 1.30. The number of nitro groups is 2. The monoisotopic (exact) mass is 326 g/mol. The highest BCUT2D eigenvalue weighted by atomic mass is 16.6. The maximum absolute atomic E-state index is 10.9. The molecule has 1 N–H and O–H groups in total. The maximum Gasteiger partial charge on any atom is 0.381 e. The van der Waals surface area contributed by atoms with Crippen LogP contribution in [0.4, 0.5) is 11.6 Å². The van der Waals surface area contributed by atoms with Gasteiger partial charge in [-0.05, 0) is 26.7 Å². The second-order valence-electron chi connectivity index (χ2n) is 4.25. The van der Waals surface area contributed by atoms with Crippen molar-refractivity contribution in [1.82, 2.24) is 19.5 Å². The lowest BCUT2D eigenvalue weighted by Crippen LogP contribution is -2.10. The molecule has 0 bridgehead atoms. The Morgan fingerprint density at radius 2 is 2.00 bits per heavy atom. The molecule has 0 aromatic carbocycles. The molecule has 0 aliphatic carbocycles. The maximum atomic E-state index is 10.9. The minimum Gasteiger partial charge on any atom is -0.469 e. The van der Waals surface area contributed by atoms with Gasteiger partial charge in [0.05, 0.1) is 13.5 Å². The second-order valence-corrected chi connectivity index (χ2v) is 4.25. The first-order chi connectivity index (χ1) is 10.8. The summed E-state index contributed by atoms with van der Waals surface area (Å²) in [5, 5.41) is 20.1. The number of H-pyrrole nitrogens is 1. The van der Waals surface area contributed by atoms with Crippen molar-refractivity contribution in [3.63, 3.8) is 0 Å². The summed E-state index contributed by atoms with van der Waals surface area (Å²) in [6, 6.07) is -0.210. The summed E-state index contributed by atoms with van der Waals surface area (Å²) in [6.07, 6.45) is 5.25. The Morgan fingerprint density at radius 3 is 2.39 bits per heavy atom. The van der Waals surface area contributed by atoms with Crippen molar-refractivity contribution < 1.29 is 19.4 Å². The average Bonchev–Trinajstić information content (AvgIpc) is 3.19. The van der Waals surface area contributed by atoms with E-state index in [0.717, 1.165) is 0 Å². The number of carbonyl (C=O) groups excluding carboxylic acids is 1. The first-order valence-corrected chi connectivity index (χ1v) is 6.23. The lowest BCUT2D eigenvalue weighted by Gasteiger charge is -2.08. The fourth-order valence-corrected chi connectivity index (χ4v) is 1.44. The van der Waals surface area contributed by atoms with Gasteiger partial charge in [-0.15, -0.1) is 0 Å². The molecular weight excluding hydrogens is 312 g/mol. The van der Waals surface area contributed by atoms with Gasteiger partial charge in [-0.2, -0.15) is 0 Å². The lowest BCUT2D eigenvalue weighted by molar-refractivity contribution is -0.389. The van der Waals surface area contributed by atoms with E-state index < -0.39 is 9.85 Å². The number of carbonyl (C=O) groups is 1. The SMILES string of the molecule is COC(=O)CC(C)n1cnc([N+](=O)[O-])c1.O=[N+]([O-])c1c[nH]cn1. The van der Waals surface area contributed by atoms with Crippen molar-refractivity contribution in [1.29, 1.82) is 0 Å². The molecule has 1 unspecified atom stereocenters. The third kappa shape index (κ3) is 5.53. The number of rotatable bonds is 5. The van der Waals surface area contributed by atoms with Gasteiger partial charge in [0.25, 0.3) is 0 Å². The molecule has 0 fully saturated rings. The van der Waals surface area contributed by atoms with E-state index in [1.54, 1.807) is 6.92 Å². The lowest BCUT2D eigenvalue weighted by atomic mass is 10.2. The fraction of sp³-hybridized carbons (Fsp3) is 0.364. The minimum atomic E-state index is -0.582. The summed E-state index contributed by atoms with van der Waals surface area (Å²) < 4.78 is 6.00. The van der Waals surface area contributed by atoms with E-state index in [9.17, 15) is 25.0 Å². The topological polar surface area (TPSA) is 159 Å². The Morgan fingerprint density at radius 1 is 1.35 bits per heavy atom. The number of esters is 1. The summed E-state index contributed by atoms with van der Waals surface area (Å²) >= 11 is 0. The van der Waals surface area contributed by atoms with Crippen LogP contribution in [0.5, 0.6) is 0 Å². The van der Waals surface area contributed by atoms with Gasteiger partial charge in [-0.3, -0.25) is 4.79 Å². The number of nitrogens with zero attached hydrogens (tertiary/aromatic N) is 5. The van der Waals surface area contributed by atoms with E-state index in [2.05, 4.69) is 19.7 Å². The van der Waals surface area contributed by atoms with Gasteiger partial charge in [0, 0.05) is 6.04 Å². The fourth-order valence-electron chi connectivity index (χ4n) is 1.44. The van der Waals surface area contributed by atoms with Crippen LogP contribution in [0.1, 0.15) is 19.4 Å². The molecule has 0 amide bonds. The van der Waals surface area contributed by atoms with Crippen LogP contribution in [-0.4, -0.2) is 42.4 Å². The van der Waals surface area contributed by atoms with E-state index in [1.165, 1.54) is 36.7 Å². The Labute approximate surface area is 129 Å². The molecule has 0 aliphatic rings. The third-order valence-corrected chi connectivity index (χ3v) is 2.64. The standard InChI is InChI=1S/C8H11N3O4.C3H3N3O2/c1-6(3-8(12)15-2)10-4-7(9-5-10)11(13)14;7-6(8)3-1-4-2-5-3/h4-6H,3H2,1-2H3;1-2H,(H,4,5). The first-order valence-electron chi connectivity index (χ1n) is 6.23. The molecule has 1 atom stereocenters. The Kier molecular flexibility index (Phi) is 6.33. The number of imidazole rings is 2. The predicted octanol–water partition coefficient (Wildman–Crippen LogP) is 1.23. The van der Waals surface area contributed by atoms with Crippen molar-refractivity contribution in [3.05, 3.63) is 45.3 Å². The number of methoxy groups -OCH3 is 1. The molecule has 0 radical (unpaired) electrons. The molecule has 2 aromatic heterocycles. The summed E-state index contributed by atoms with van der Waals surface area (Å²) in [5.74, 6) is -0.740. The van der Waals surface area contributed by atoms with Crippen LogP contribution in [0.15, 0.2) is 25.0 Å².